The molecule has 1 atom stereocenters. The smallest absolute Gasteiger partial charge is 0.141 e. The minimum absolute atomic E-state index is 0.274. The van der Waals surface area contributed by atoms with Crippen LogP contribution in [-0.2, 0) is 4.74 Å². The lowest BCUT2D eigenvalue weighted by molar-refractivity contribution is 0.0535. The van der Waals surface area contributed by atoms with Gasteiger partial charge in [0.05, 0.1) is 14.2 Å². The van der Waals surface area contributed by atoms with Crippen molar-refractivity contribution in [3.63, 3.8) is 0 Å². The summed E-state index contributed by atoms with van der Waals surface area (Å²) >= 11 is 3.59. The molecule has 2 rings (SSSR count). The summed E-state index contributed by atoms with van der Waals surface area (Å²) in [6, 6.07) is 4.37. The molecule has 1 aliphatic heterocycles. The third-order valence-corrected chi connectivity index (χ3v) is 4.76. The zero-order valence-electron chi connectivity index (χ0n) is 12.9. The number of nitrogens with one attached hydrogen (secondary N) is 1. The van der Waals surface area contributed by atoms with Crippen LogP contribution < -0.4 is 14.8 Å². The molecule has 0 aromatic heterocycles. The van der Waals surface area contributed by atoms with E-state index in [9.17, 15) is 0 Å². The molecule has 21 heavy (non-hydrogen) atoms. The van der Waals surface area contributed by atoms with Gasteiger partial charge in [-0.1, -0.05) is 6.92 Å². The SMILES string of the molecule is CCNC(c1ccc(OC)c(Br)c1OC)C1CCOCC1. The largest absolute Gasteiger partial charge is 0.495 e. The molecule has 1 aliphatic rings. The van der Waals surface area contributed by atoms with Crippen molar-refractivity contribution in [2.45, 2.75) is 25.8 Å². The van der Waals surface area contributed by atoms with Crippen molar-refractivity contribution < 1.29 is 14.2 Å². The second-order valence-electron chi connectivity index (χ2n) is 5.19. The highest BCUT2D eigenvalue weighted by Gasteiger charge is 2.28. The summed E-state index contributed by atoms with van der Waals surface area (Å²) in [4.78, 5) is 0. The second kappa shape index (κ2) is 8.01. The minimum Gasteiger partial charge on any atom is -0.495 e. The summed E-state index contributed by atoms with van der Waals surface area (Å²) < 4.78 is 17.4. The first-order chi connectivity index (χ1) is 10.2. The van der Waals surface area contributed by atoms with Crippen molar-refractivity contribution in [2.75, 3.05) is 34.0 Å². The van der Waals surface area contributed by atoms with Gasteiger partial charge >= 0.3 is 0 Å². The normalized spacial score (nSPS) is 17.5. The average Bonchev–Trinajstić information content (AvgIpc) is 2.53. The van der Waals surface area contributed by atoms with Crippen LogP contribution in [0.25, 0.3) is 0 Å². The number of benzene rings is 1. The topological polar surface area (TPSA) is 39.7 Å². The molecule has 0 bridgehead atoms. The van der Waals surface area contributed by atoms with Gasteiger partial charge in [-0.25, -0.2) is 0 Å². The maximum absolute atomic E-state index is 5.64. The molecule has 1 aromatic carbocycles. The summed E-state index contributed by atoms with van der Waals surface area (Å²) in [7, 11) is 3.37. The number of halogens is 1. The Balaban J connectivity index is 2.36. The highest BCUT2D eigenvalue weighted by molar-refractivity contribution is 9.10. The number of hydrogen-bond acceptors (Lipinski definition) is 4. The van der Waals surface area contributed by atoms with Gasteiger partial charge < -0.3 is 19.5 Å². The Labute approximate surface area is 135 Å². The number of methoxy groups -OCH3 is 2. The Hall–Kier alpha value is -0.780. The first-order valence-corrected chi connectivity index (χ1v) is 8.23. The van der Waals surface area contributed by atoms with Crippen molar-refractivity contribution in [1.29, 1.82) is 0 Å². The minimum atomic E-state index is 0.274. The lowest BCUT2D eigenvalue weighted by Gasteiger charge is -2.32. The van der Waals surface area contributed by atoms with E-state index in [4.69, 9.17) is 14.2 Å². The van der Waals surface area contributed by atoms with Gasteiger partial charge in [0.2, 0.25) is 0 Å². The van der Waals surface area contributed by atoms with Gasteiger partial charge in [-0.3, -0.25) is 0 Å². The molecule has 0 saturated carbocycles. The summed E-state index contributed by atoms with van der Waals surface area (Å²) in [6.45, 7) is 4.74. The van der Waals surface area contributed by atoms with Gasteiger partial charge in [-0.05, 0) is 53.4 Å². The first kappa shape index (κ1) is 16.6. The fourth-order valence-corrected chi connectivity index (χ4v) is 3.65. The lowest BCUT2D eigenvalue weighted by atomic mass is 9.86. The summed E-state index contributed by atoms with van der Waals surface area (Å²) in [5.41, 5.74) is 1.18. The monoisotopic (exact) mass is 357 g/mol. The van der Waals surface area contributed by atoms with Gasteiger partial charge in [0.1, 0.15) is 16.0 Å². The molecule has 1 N–H and O–H groups in total. The molecule has 5 heteroatoms. The Morgan fingerprint density at radius 3 is 2.57 bits per heavy atom. The zero-order chi connectivity index (χ0) is 15.2. The molecule has 0 spiro atoms. The number of rotatable bonds is 6. The lowest BCUT2D eigenvalue weighted by Crippen LogP contribution is -2.32. The van der Waals surface area contributed by atoms with Gasteiger partial charge in [0.15, 0.2) is 0 Å². The molecule has 0 amide bonds. The van der Waals surface area contributed by atoms with Gasteiger partial charge in [0.25, 0.3) is 0 Å². The van der Waals surface area contributed by atoms with Crippen molar-refractivity contribution in [3.8, 4) is 11.5 Å². The van der Waals surface area contributed by atoms with Crippen molar-refractivity contribution in [2.24, 2.45) is 5.92 Å². The van der Waals surface area contributed by atoms with E-state index < -0.39 is 0 Å². The highest BCUT2D eigenvalue weighted by atomic mass is 79.9. The molecule has 1 saturated heterocycles. The van der Waals surface area contributed by atoms with E-state index in [0.717, 1.165) is 48.6 Å². The van der Waals surface area contributed by atoms with Gasteiger partial charge in [-0.15, -0.1) is 0 Å². The van der Waals surface area contributed by atoms with Crippen molar-refractivity contribution in [3.05, 3.63) is 22.2 Å². The van der Waals surface area contributed by atoms with Gasteiger partial charge in [-0.2, -0.15) is 0 Å². The summed E-state index contributed by atoms with van der Waals surface area (Å²) in [5, 5.41) is 3.61. The number of hydrogen-bond donors (Lipinski definition) is 1. The van der Waals surface area contributed by atoms with E-state index in [-0.39, 0.29) is 6.04 Å². The van der Waals surface area contributed by atoms with Crippen LogP contribution in [0, 0.1) is 5.92 Å². The molecular weight excluding hydrogens is 334 g/mol. The van der Waals surface area contributed by atoms with Crippen LogP contribution >= 0.6 is 15.9 Å². The maximum atomic E-state index is 5.64. The Kier molecular flexibility index (Phi) is 6.33. The van der Waals surface area contributed by atoms with E-state index in [1.54, 1.807) is 14.2 Å². The van der Waals surface area contributed by atoms with Gasteiger partial charge in [0, 0.05) is 24.8 Å². The van der Waals surface area contributed by atoms with Crippen LogP contribution in [0.3, 0.4) is 0 Å². The van der Waals surface area contributed by atoms with Crippen LogP contribution in [0.15, 0.2) is 16.6 Å². The molecule has 118 valence electrons. The maximum Gasteiger partial charge on any atom is 0.141 e. The average molecular weight is 358 g/mol. The Morgan fingerprint density at radius 2 is 2.00 bits per heavy atom. The van der Waals surface area contributed by atoms with Crippen LogP contribution in [0.5, 0.6) is 11.5 Å². The predicted octanol–water partition coefficient (Wildman–Crippen LogP) is 3.54. The highest BCUT2D eigenvalue weighted by Crippen LogP contribution is 2.42. The Bertz CT molecular complexity index is 461. The predicted molar refractivity (Wildman–Crippen MR) is 87.2 cm³/mol. The molecule has 4 nitrogen and oxygen atoms in total. The standard InChI is InChI=1S/C16H24BrNO3/c1-4-18-15(11-7-9-21-10-8-11)12-5-6-13(19-2)14(17)16(12)20-3/h5-6,11,15,18H,4,7-10H2,1-3H3. The quantitative estimate of drug-likeness (QED) is 0.844. The van der Waals surface area contributed by atoms with E-state index in [0.29, 0.717) is 5.92 Å². The van der Waals surface area contributed by atoms with Crippen LogP contribution in [0.1, 0.15) is 31.4 Å². The summed E-state index contributed by atoms with van der Waals surface area (Å²) in [6.07, 6.45) is 2.15. The van der Waals surface area contributed by atoms with Crippen molar-refractivity contribution >= 4 is 15.9 Å². The molecule has 1 unspecified atom stereocenters. The van der Waals surface area contributed by atoms with Crippen LogP contribution in [0.2, 0.25) is 0 Å². The number of ether oxygens (including phenoxy) is 3. The fourth-order valence-electron chi connectivity index (χ4n) is 2.96. The molecule has 1 heterocycles. The van der Waals surface area contributed by atoms with E-state index in [2.05, 4.69) is 34.2 Å². The molecule has 0 radical (unpaired) electrons. The second-order valence-corrected chi connectivity index (χ2v) is 5.98. The van der Waals surface area contributed by atoms with Crippen LogP contribution in [-0.4, -0.2) is 34.0 Å². The first-order valence-electron chi connectivity index (χ1n) is 7.44. The zero-order valence-corrected chi connectivity index (χ0v) is 14.5. The molecular formula is C16H24BrNO3. The van der Waals surface area contributed by atoms with E-state index in [1.165, 1.54) is 5.56 Å². The molecule has 1 fully saturated rings. The fraction of sp³-hybridized carbons (Fsp3) is 0.625. The Morgan fingerprint density at radius 1 is 1.29 bits per heavy atom. The third-order valence-electron chi connectivity index (χ3n) is 4.01. The van der Waals surface area contributed by atoms with Crippen molar-refractivity contribution in [1.82, 2.24) is 5.32 Å². The summed E-state index contributed by atoms with van der Waals surface area (Å²) in [5.74, 6) is 2.21. The third kappa shape index (κ3) is 3.71. The van der Waals surface area contributed by atoms with E-state index >= 15 is 0 Å². The van der Waals surface area contributed by atoms with E-state index in [1.807, 2.05) is 6.07 Å². The molecule has 0 aliphatic carbocycles. The van der Waals surface area contributed by atoms with Crippen LogP contribution in [0.4, 0.5) is 0 Å². The molecule has 1 aromatic rings.